The number of aliphatic hydroxyl groups excluding tert-OH is 6. The van der Waals surface area contributed by atoms with Crippen LogP contribution in [0.15, 0.2) is 12.2 Å². The Hall–Kier alpha value is -1.07. The van der Waals surface area contributed by atoms with Gasteiger partial charge in [-0.25, -0.2) is 0 Å². The maximum absolute atomic E-state index is 11.4. The molecule has 1 heterocycles. The highest BCUT2D eigenvalue weighted by molar-refractivity contribution is 5.69. The van der Waals surface area contributed by atoms with E-state index in [1.165, 1.54) is 57.8 Å². The lowest BCUT2D eigenvalue weighted by Gasteiger charge is -2.18. The lowest BCUT2D eigenvalue weighted by molar-refractivity contribution is -0.147. The first kappa shape index (κ1) is 34.9. The number of ether oxygens (including phenoxy) is 2. The molecule has 0 aromatic carbocycles. The van der Waals surface area contributed by atoms with Gasteiger partial charge in [-0.1, -0.05) is 70.4 Å². The molecule has 1 aliphatic rings. The van der Waals surface area contributed by atoms with Gasteiger partial charge < -0.3 is 40.1 Å². The summed E-state index contributed by atoms with van der Waals surface area (Å²) >= 11 is 0. The lowest BCUT2D eigenvalue weighted by atomic mass is 10.1. The van der Waals surface area contributed by atoms with Crippen molar-refractivity contribution >= 4 is 5.97 Å². The Bertz CT molecular complexity index is 529. The number of allylic oxidation sites excluding steroid dienone is 2. The minimum atomic E-state index is -1.12. The fourth-order valence-electron chi connectivity index (χ4n) is 3.72. The number of rotatable bonds is 20. The molecule has 1 aliphatic heterocycles. The van der Waals surface area contributed by atoms with E-state index >= 15 is 0 Å². The van der Waals surface area contributed by atoms with Crippen LogP contribution in [0.25, 0.3) is 0 Å². The molecule has 0 aromatic heterocycles. The molecule has 214 valence electrons. The molecular weight excluding hydrogens is 468 g/mol. The summed E-state index contributed by atoms with van der Waals surface area (Å²) in [7, 11) is 0. The Balaban J connectivity index is 0.000000918. The van der Waals surface area contributed by atoms with Crippen LogP contribution in [-0.2, 0) is 14.3 Å². The molecule has 0 saturated carbocycles. The second-order valence-corrected chi connectivity index (χ2v) is 9.46. The van der Waals surface area contributed by atoms with Crippen molar-refractivity contribution in [2.45, 2.75) is 127 Å². The molecule has 9 heteroatoms. The van der Waals surface area contributed by atoms with Crippen LogP contribution in [-0.4, -0.2) is 93.6 Å². The summed E-state index contributed by atoms with van der Waals surface area (Å²) in [5.41, 5.74) is 0. The third kappa shape index (κ3) is 19.1. The minimum Gasteiger partial charge on any atom is -0.463 e. The lowest BCUT2D eigenvalue weighted by Crippen LogP contribution is -2.40. The van der Waals surface area contributed by atoms with Gasteiger partial charge in [0.15, 0.2) is 0 Å². The van der Waals surface area contributed by atoms with Gasteiger partial charge in [0.2, 0.25) is 0 Å². The van der Waals surface area contributed by atoms with Crippen LogP contribution in [0.1, 0.15) is 96.8 Å². The SMILES string of the molecule is CCCCCCCC/C=C\CCCCCCCC(=O)OCC(O)CO.OC[C@@H](O)[C@H]1OC[C@H](O)[C@H]1O. The van der Waals surface area contributed by atoms with E-state index in [-0.39, 0.29) is 25.8 Å². The minimum absolute atomic E-state index is 0.00287. The van der Waals surface area contributed by atoms with Gasteiger partial charge in [-0.2, -0.15) is 0 Å². The molecule has 6 N–H and O–H groups in total. The number of aliphatic hydroxyl groups is 6. The summed E-state index contributed by atoms with van der Waals surface area (Å²) in [5, 5.41) is 53.2. The second-order valence-electron chi connectivity index (χ2n) is 9.46. The van der Waals surface area contributed by atoms with Crippen LogP contribution in [0.4, 0.5) is 0 Å². The average molecular weight is 521 g/mol. The third-order valence-electron chi connectivity index (χ3n) is 6.05. The van der Waals surface area contributed by atoms with Gasteiger partial charge >= 0.3 is 5.97 Å². The van der Waals surface area contributed by atoms with E-state index in [2.05, 4.69) is 19.1 Å². The largest absolute Gasteiger partial charge is 0.463 e. The zero-order valence-electron chi connectivity index (χ0n) is 22.2. The molecule has 1 unspecified atom stereocenters. The number of carbonyl (C=O) groups is 1. The van der Waals surface area contributed by atoms with Gasteiger partial charge in [0.25, 0.3) is 0 Å². The van der Waals surface area contributed by atoms with Gasteiger partial charge in [-0.3, -0.25) is 4.79 Å². The molecule has 0 aromatic rings. The van der Waals surface area contributed by atoms with Crippen molar-refractivity contribution in [1.29, 1.82) is 0 Å². The van der Waals surface area contributed by atoms with E-state index in [4.69, 9.17) is 40.1 Å². The van der Waals surface area contributed by atoms with Gasteiger partial charge in [0, 0.05) is 6.42 Å². The van der Waals surface area contributed by atoms with E-state index in [0.29, 0.717) is 6.42 Å². The standard InChI is InChI=1S/C21H40O4.C6H12O5/c1-2-3-4-5-6-7-8-9-10-11-12-13-14-15-16-17-21(24)25-19-20(23)18-22;7-1-3(8)6-5(10)4(9)2-11-6/h9-10,20,22-23H,2-8,11-19H2,1H3;3-10H,1-2H2/b10-9-;/t;3-,4+,5-,6-/m.1/s1. The van der Waals surface area contributed by atoms with E-state index in [0.717, 1.165) is 25.7 Å². The molecule has 0 radical (unpaired) electrons. The van der Waals surface area contributed by atoms with Gasteiger partial charge in [0.1, 0.15) is 37.1 Å². The molecule has 5 atom stereocenters. The summed E-state index contributed by atoms with van der Waals surface area (Å²) < 4.78 is 9.68. The maximum Gasteiger partial charge on any atom is 0.305 e. The molecule has 1 fully saturated rings. The van der Waals surface area contributed by atoms with Gasteiger partial charge in [-0.15, -0.1) is 0 Å². The van der Waals surface area contributed by atoms with Crippen LogP contribution >= 0.6 is 0 Å². The van der Waals surface area contributed by atoms with Crippen molar-refractivity contribution in [3.8, 4) is 0 Å². The number of hydrogen-bond acceptors (Lipinski definition) is 9. The predicted octanol–water partition coefficient (Wildman–Crippen LogP) is 2.38. The normalized spacial score (nSPS) is 21.2. The Morgan fingerprint density at radius 3 is 1.94 bits per heavy atom. The van der Waals surface area contributed by atoms with Gasteiger partial charge in [-0.05, 0) is 32.1 Å². The Morgan fingerprint density at radius 1 is 0.889 bits per heavy atom. The molecule has 0 amide bonds. The zero-order chi connectivity index (χ0) is 27.0. The number of hydrogen-bond donors (Lipinski definition) is 6. The van der Waals surface area contributed by atoms with Crippen LogP contribution in [0.5, 0.6) is 0 Å². The summed E-state index contributed by atoms with van der Waals surface area (Å²) in [6, 6.07) is 0. The van der Waals surface area contributed by atoms with Gasteiger partial charge in [0.05, 0.1) is 19.8 Å². The zero-order valence-corrected chi connectivity index (χ0v) is 22.2. The van der Waals surface area contributed by atoms with E-state index in [1.54, 1.807) is 0 Å². The smallest absolute Gasteiger partial charge is 0.305 e. The summed E-state index contributed by atoms with van der Waals surface area (Å²) in [5.74, 6) is -0.287. The molecule has 1 rings (SSSR count). The van der Waals surface area contributed by atoms with Crippen molar-refractivity contribution in [2.24, 2.45) is 0 Å². The average Bonchev–Trinajstić information content (AvgIpc) is 3.22. The van der Waals surface area contributed by atoms with Crippen molar-refractivity contribution in [3.05, 3.63) is 12.2 Å². The highest BCUT2D eigenvalue weighted by atomic mass is 16.5. The molecule has 1 saturated heterocycles. The number of unbranched alkanes of at least 4 members (excludes halogenated alkanes) is 11. The molecule has 0 spiro atoms. The quantitative estimate of drug-likeness (QED) is 0.0805. The Labute approximate surface area is 217 Å². The first-order chi connectivity index (χ1) is 17.4. The van der Waals surface area contributed by atoms with Crippen molar-refractivity contribution in [3.63, 3.8) is 0 Å². The predicted molar refractivity (Wildman–Crippen MR) is 138 cm³/mol. The highest BCUT2D eigenvalue weighted by Gasteiger charge is 2.38. The molecule has 9 nitrogen and oxygen atoms in total. The highest BCUT2D eigenvalue weighted by Crippen LogP contribution is 2.17. The van der Waals surface area contributed by atoms with E-state index in [9.17, 15) is 4.79 Å². The number of esters is 1. The van der Waals surface area contributed by atoms with E-state index in [1.807, 2.05) is 0 Å². The Kier molecular flexibility index (Phi) is 23.6. The molecule has 0 aliphatic carbocycles. The fourth-order valence-corrected chi connectivity index (χ4v) is 3.72. The van der Waals surface area contributed by atoms with Crippen LogP contribution in [0, 0.1) is 0 Å². The number of carbonyl (C=O) groups excluding carboxylic acids is 1. The van der Waals surface area contributed by atoms with Crippen molar-refractivity contribution in [2.75, 3.05) is 26.4 Å². The van der Waals surface area contributed by atoms with Crippen molar-refractivity contribution < 1.29 is 44.9 Å². The first-order valence-electron chi connectivity index (χ1n) is 13.7. The molecular formula is C27H52O9. The first-order valence-corrected chi connectivity index (χ1v) is 13.7. The fraction of sp³-hybridized carbons (Fsp3) is 0.889. The molecule has 0 bridgehead atoms. The topological polar surface area (TPSA) is 157 Å². The third-order valence-corrected chi connectivity index (χ3v) is 6.05. The monoisotopic (exact) mass is 520 g/mol. The summed E-state index contributed by atoms with van der Waals surface area (Å²) in [6.07, 6.45) is 16.0. The van der Waals surface area contributed by atoms with Crippen LogP contribution in [0.3, 0.4) is 0 Å². The summed E-state index contributed by atoms with van der Waals surface area (Å²) in [4.78, 5) is 11.4. The maximum atomic E-state index is 11.4. The van der Waals surface area contributed by atoms with Crippen molar-refractivity contribution in [1.82, 2.24) is 0 Å². The van der Waals surface area contributed by atoms with Crippen LogP contribution < -0.4 is 0 Å². The molecule has 36 heavy (non-hydrogen) atoms. The van der Waals surface area contributed by atoms with Crippen LogP contribution in [0.2, 0.25) is 0 Å². The van der Waals surface area contributed by atoms with E-state index < -0.39 is 37.1 Å². The summed E-state index contributed by atoms with van der Waals surface area (Å²) in [6.45, 7) is 1.29. The second kappa shape index (κ2) is 24.3. The Morgan fingerprint density at radius 2 is 1.44 bits per heavy atom.